The molecule has 0 aromatic heterocycles. The van der Waals surface area contributed by atoms with Crippen molar-refractivity contribution in [3.05, 3.63) is 53.1 Å². The lowest BCUT2D eigenvalue weighted by molar-refractivity contribution is 0.426. The van der Waals surface area contributed by atoms with Crippen LogP contribution in [0.15, 0.2) is 42.5 Å². The summed E-state index contributed by atoms with van der Waals surface area (Å²) in [4.78, 5) is 0. The smallest absolute Gasteiger partial charge is 0.423 e. The molecule has 0 radical (unpaired) electrons. The van der Waals surface area contributed by atoms with E-state index in [4.69, 9.17) is 21.6 Å². The fourth-order valence-corrected chi connectivity index (χ4v) is 1.76. The number of anilines is 2. The van der Waals surface area contributed by atoms with Gasteiger partial charge in [-0.1, -0.05) is 29.8 Å². The molecule has 18 heavy (non-hydrogen) atoms. The lowest BCUT2D eigenvalue weighted by Crippen LogP contribution is -2.29. The van der Waals surface area contributed by atoms with Gasteiger partial charge < -0.3 is 15.4 Å². The second kappa shape index (κ2) is 5.44. The molecule has 0 heterocycles. The fraction of sp³-hybridized carbons (Fsp3) is 0.0769. The number of aryl methyl sites for hydroxylation is 1. The third-order valence-corrected chi connectivity index (χ3v) is 3.08. The number of hydrogen-bond donors (Lipinski definition) is 3. The van der Waals surface area contributed by atoms with Gasteiger partial charge >= 0.3 is 7.12 Å². The Bertz CT molecular complexity index is 543. The molecule has 0 aliphatic carbocycles. The van der Waals surface area contributed by atoms with Crippen LogP contribution in [0.5, 0.6) is 0 Å². The molecular weight excluding hydrogens is 248 g/mol. The summed E-state index contributed by atoms with van der Waals surface area (Å²) >= 11 is 6.04. The van der Waals surface area contributed by atoms with Gasteiger partial charge in [-0.05, 0) is 42.2 Å². The first-order chi connectivity index (χ1) is 8.56. The van der Waals surface area contributed by atoms with Crippen LogP contribution in [0.25, 0.3) is 0 Å². The third kappa shape index (κ3) is 3.04. The molecule has 0 saturated heterocycles. The summed E-state index contributed by atoms with van der Waals surface area (Å²) < 4.78 is 0. The number of hydrogen-bond acceptors (Lipinski definition) is 3. The standard InChI is InChI=1S/C13H13BClNO2/c1-9-2-5-12(8-13(9)15)16-11-6-3-10(4-7-11)14(17)18/h2-8,16-18H,1H3. The van der Waals surface area contributed by atoms with Crippen molar-refractivity contribution in [2.45, 2.75) is 6.92 Å². The maximum Gasteiger partial charge on any atom is 0.488 e. The lowest BCUT2D eigenvalue weighted by Gasteiger charge is -2.08. The lowest BCUT2D eigenvalue weighted by atomic mass is 9.80. The fourth-order valence-electron chi connectivity index (χ4n) is 1.58. The molecule has 0 atom stereocenters. The molecule has 92 valence electrons. The molecule has 2 aromatic carbocycles. The number of benzene rings is 2. The van der Waals surface area contributed by atoms with Gasteiger partial charge in [0.2, 0.25) is 0 Å². The van der Waals surface area contributed by atoms with Crippen molar-refractivity contribution in [2.24, 2.45) is 0 Å². The molecule has 0 aliphatic rings. The van der Waals surface area contributed by atoms with Crippen molar-refractivity contribution in [1.82, 2.24) is 0 Å². The molecule has 3 N–H and O–H groups in total. The summed E-state index contributed by atoms with van der Waals surface area (Å²) in [5.74, 6) is 0. The highest BCUT2D eigenvalue weighted by atomic mass is 35.5. The summed E-state index contributed by atoms with van der Waals surface area (Å²) in [6.45, 7) is 1.95. The molecule has 0 saturated carbocycles. The maximum atomic E-state index is 8.99. The van der Waals surface area contributed by atoms with Crippen LogP contribution in [0, 0.1) is 6.92 Å². The Labute approximate surface area is 111 Å². The van der Waals surface area contributed by atoms with E-state index >= 15 is 0 Å². The van der Waals surface area contributed by atoms with Crippen LogP contribution < -0.4 is 10.8 Å². The molecule has 0 bridgehead atoms. The molecule has 3 nitrogen and oxygen atoms in total. The molecule has 5 heteroatoms. The topological polar surface area (TPSA) is 52.5 Å². The van der Waals surface area contributed by atoms with Gasteiger partial charge in [0.25, 0.3) is 0 Å². The predicted molar refractivity (Wildman–Crippen MR) is 75.7 cm³/mol. The van der Waals surface area contributed by atoms with Crippen molar-refractivity contribution in [1.29, 1.82) is 0 Å². The Hall–Kier alpha value is -1.49. The van der Waals surface area contributed by atoms with E-state index in [0.717, 1.165) is 16.9 Å². The Morgan fingerprint density at radius 3 is 2.17 bits per heavy atom. The van der Waals surface area contributed by atoms with E-state index in [1.165, 1.54) is 0 Å². The Balaban J connectivity index is 2.15. The van der Waals surface area contributed by atoms with Gasteiger partial charge in [-0.3, -0.25) is 0 Å². The van der Waals surface area contributed by atoms with E-state index in [1.807, 2.05) is 25.1 Å². The highest BCUT2D eigenvalue weighted by Crippen LogP contribution is 2.22. The summed E-state index contributed by atoms with van der Waals surface area (Å²) in [6, 6.07) is 12.6. The number of halogens is 1. The second-order valence-corrected chi connectivity index (χ2v) is 4.49. The molecule has 0 aliphatic heterocycles. The minimum Gasteiger partial charge on any atom is -0.423 e. The van der Waals surface area contributed by atoms with E-state index in [-0.39, 0.29) is 0 Å². The van der Waals surface area contributed by atoms with Gasteiger partial charge in [0, 0.05) is 16.4 Å². The van der Waals surface area contributed by atoms with Gasteiger partial charge in [0.05, 0.1) is 0 Å². The van der Waals surface area contributed by atoms with E-state index in [9.17, 15) is 0 Å². The van der Waals surface area contributed by atoms with Crippen molar-refractivity contribution < 1.29 is 10.0 Å². The Kier molecular flexibility index (Phi) is 3.92. The average molecular weight is 262 g/mol. The van der Waals surface area contributed by atoms with Gasteiger partial charge in [-0.2, -0.15) is 0 Å². The molecule has 0 fully saturated rings. The Morgan fingerprint density at radius 1 is 1.00 bits per heavy atom. The summed E-state index contributed by atoms with van der Waals surface area (Å²) in [6.07, 6.45) is 0. The maximum absolute atomic E-state index is 8.99. The van der Waals surface area contributed by atoms with Crippen LogP contribution in [-0.2, 0) is 0 Å². The van der Waals surface area contributed by atoms with Crippen molar-refractivity contribution in [2.75, 3.05) is 5.32 Å². The predicted octanol–water partition coefficient (Wildman–Crippen LogP) is 2.07. The zero-order valence-corrected chi connectivity index (χ0v) is 10.6. The molecular formula is C13H13BClNO2. The van der Waals surface area contributed by atoms with Crippen LogP contribution in [-0.4, -0.2) is 17.2 Å². The number of rotatable bonds is 3. The van der Waals surface area contributed by atoms with E-state index in [0.29, 0.717) is 10.5 Å². The van der Waals surface area contributed by atoms with Crippen molar-refractivity contribution >= 4 is 35.6 Å². The van der Waals surface area contributed by atoms with Crippen LogP contribution in [0.2, 0.25) is 5.02 Å². The first kappa shape index (κ1) is 13.0. The van der Waals surface area contributed by atoms with Gasteiger partial charge in [0.1, 0.15) is 0 Å². The Morgan fingerprint density at radius 2 is 1.61 bits per heavy atom. The largest absolute Gasteiger partial charge is 0.488 e. The minimum atomic E-state index is -1.44. The van der Waals surface area contributed by atoms with Crippen LogP contribution in [0.1, 0.15) is 5.56 Å². The molecule has 0 unspecified atom stereocenters. The van der Waals surface area contributed by atoms with Crippen molar-refractivity contribution in [3.63, 3.8) is 0 Å². The summed E-state index contributed by atoms with van der Waals surface area (Å²) in [5.41, 5.74) is 3.24. The monoisotopic (exact) mass is 261 g/mol. The molecule has 0 amide bonds. The average Bonchev–Trinajstić information content (AvgIpc) is 2.34. The van der Waals surface area contributed by atoms with Gasteiger partial charge in [-0.15, -0.1) is 0 Å². The van der Waals surface area contributed by atoms with E-state index in [1.54, 1.807) is 24.3 Å². The van der Waals surface area contributed by atoms with E-state index in [2.05, 4.69) is 5.32 Å². The molecule has 2 rings (SSSR count). The minimum absolute atomic E-state index is 0.461. The van der Waals surface area contributed by atoms with Gasteiger partial charge in [0.15, 0.2) is 0 Å². The van der Waals surface area contributed by atoms with Crippen LogP contribution in [0.3, 0.4) is 0 Å². The highest BCUT2D eigenvalue weighted by molar-refractivity contribution is 6.58. The van der Waals surface area contributed by atoms with E-state index < -0.39 is 7.12 Å². The second-order valence-electron chi connectivity index (χ2n) is 4.08. The van der Waals surface area contributed by atoms with Crippen LogP contribution in [0.4, 0.5) is 11.4 Å². The molecule has 2 aromatic rings. The van der Waals surface area contributed by atoms with Gasteiger partial charge in [-0.25, -0.2) is 0 Å². The zero-order valence-electron chi connectivity index (χ0n) is 9.89. The van der Waals surface area contributed by atoms with Crippen molar-refractivity contribution in [3.8, 4) is 0 Å². The normalized spacial score (nSPS) is 10.2. The zero-order chi connectivity index (χ0) is 13.1. The third-order valence-electron chi connectivity index (χ3n) is 2.67. The summed E-state index contributed by atoms with van der Waals surface area (Å²) in [5, 5.41) is 21.9. The van der Waals surface area contributed by atoms with Crippen LogP contribution >= 0.6 is 11.6 Å². The first-order valence-corrected chi connectivity index (χ1v) is 5.93. The highest BCUT2D eigenvalue weighted by Gasteiger charge is 2.09. The number of nitrogens with one attached hydrogen (secondary N) is 1. The summed E-state index contributed by atoms with van der Waals surface area (Å²) in [7, 11) is -1.44. The SMILES string of the molecule is Cc1ccc(Nc2ccc(B(O)O)cc2)cc1Cl. The first-order valence-electron chi connectivity index (χ1n) is 5.55. The molecule has 0 spiro atoms. The quantitative estimate of drug-likeness (QED) is 0.742.